The van der Waals surface area contributed by atoms with Gasteiger partial charge < -0.3 is 10.8 Å². The molecule has 11 heavy (non-hydrogen) atoms. The lowest BCUT2D eigenvalue weighted by atomic mass is 9.78. The van der Waals surface area contributed by atoms with E-state index >= 15 is 0 Å². The maximum absolute atomic E-state index is 10.8. The third kappa shape index (κ3) is 1.64. The van der Waals surface area contributed by atoms with E-state index in [-0.39, 0.29) is 17.6 Å². The number of hydrogen-bond donors (Lipinski definition) is 2. The van der Waals surface area contributed by atoms with E-state index in [4.69, 9.17) is 10.8 Å². The van der Waals surface area contributed by atoms with Crippen molar-refractivity contribution in [2.24, 2.45) is 11.7 Å². The molecule has 1 unspecified atom stereocenters. The molecule has 0 aromatic heterocycles. The van der Waals surface area contributed by atoms with Gasteiger partial charge in [-0.3, -0.25) is 4.79 Å². The second kappa shape index (κ2) is 2.82. The molecule has 3 N–H and O–H groups in total. The molecule has 0 saturated carbocycles. The number of aliphatic hydroxyl groups is 1. The summed E-state index contributed by atoms with van der Waals surface area (Å²) >= 11 is 0. The van der Waals surface area contributed by atoms with Gasteiger partial charge in [0.25, 0.3) is 0 Å². The van der Waals surface area contributed by atoms with E-state index in [0.717, 1.165) is 5.47 Å². The standard InChI is InChI=1S/C7H10BNO2/c8-6-2-1-4(10)3-5(6)7(9)11/h1-2,5,10H,3,8H2,(H2,9,11). The van der Waals surface area contributed by atoms with Gasteiger partial charge in [0.1, 0.15) is 7.85 Å². The number of rotatable bonds is 1. The van der Waals surface area contributed by atoms with Gasteiger partial charge in [-0.05, 0) is 6.08 Å². The van der Waals surface area contributed by atoms with Crippen molar-refractivity contribution in [2.45, 2.75) is 6.42 Å². The zero-order chi connectivity index (χ0) is 8.43. The number of aliphatic hydroxyl groups excluding tert-OH is 1. The lowest BCUT2D eigenvalue weighted by Gasteiger charge is -2.16. The minimum atomic E-state index is -0.376. The zero-order valence-corrected chi connectivity index (χ0v) is 6.37. The average molecular weight is 151 g/mol. The Morgan fingerprint density at radius 3 is 2.82 bits per heavy atom. The lowest BCUT2D eigenvalue weighted by molar-refractivity contribution is -0.120. The molecule has 0 radical (unpaired) electrons. The van der Waals surface area contributed by atoms with Crippen LogP contribution in [-0.2, 0) is 4.79 Å². The smallest absolute Gasteiger partial charge is 0.224 e. The summed E-state index contributed by atoms with van der Waals surface area (Å²) < 4.78 is 0. The number of hydrogen-bond acceptors (Lipinski definition) is 2. The van der Waals surface area contributed by atoms with Crippen LogP contribution < -0.4 is 5.73 Å². The number of carbonyl (C=O) groups is 1. The SMILES string of the molecule is BC1=CC=C(O)CC1C(N)=O. The van der Waals surface area contributed by atoms with Gasteiger partial charge in [-0.25, -0.2) is 0 Å². The Kier molecular flexibility index (Phi) is 2.03. The summed E-state index contributed by atoms with van der Waals surface area (Å²) in [6.45, 7) is 0. The van der Waals surface area contributed by atoms with Crippen LogP contribution >= 0.6 is 0 Å². The van der Waals surface area contributed by atoms with Crippen molar-refractivity contribution >= 4 is 13.8 Å². The molecule has 1 aliphatic rings. The molecular formula is C7H10BNO2. The van der Waals surface area contributed by atoms with Gasteiger partial charge in [0.2, 0.25) is 5.91 Å². The van der Waals surface area contributed by atoms with Crippen LogP contribution in [0.3, 0.4) is 0 Å². The van der Waals surface area contributed by atoms with Crippen molar-refractivity contribution in [2.75, 3.05) is 0 Å². The van der Waals surface area contributed by atoms with Gasteiger partial charge in [0.15, 0.2) is 0 Å². The first-order chi connectivity index (χ1) is 5.11. The summed E-state index contributed by atoms with van der Waals surface area (Å²) in [5.41, 5.74) is 6.01. The molecule has 0 aliphatic heterocycles. The van der Waals surface area contributed by atoms with Crippen molar-refractivity contribution in [1.29, 1.82) is 0 Å². The maximum Gasteiger partial charge on any atom is 0.224 e. The number of carbonyl (C=O) groups excluding carboxylic acids is 1. The second-order valence-electron chi connectivity index (χ2n) is 2.73. The minimum absolute atomic E-state index is 0.222. The van der Waals surface area contributed by atoms with E-state index in [1.807, 2.05) is 7.85 Å². The Morgan fingerprint density at radius 1 is 1.73 bits per heavy atom. The molecule has 1 atom stereocenters. The van der Waals surface area contributed by atoms with Crippen LogP contribution in [0.4, 0.5) is 0 Å². The summed E-state index contributed by atoms with van der Waals surface area (Å²) in [7, 11) is 1.83. The Labute approximate surface area is 66.0 Å². The van der Waals surface area contributed by atoms with Crippen LogP contribution in [0.15, 0.2) is 23.4 Å². The highest BCUT2D eigenvalue weighted by Crippen LogP contribution is 2.20. The summed E-state index contributed by atoms with van der Waals surface area (Å²) in [4.78, 5) is 10.8. The number of nitrogens with two attached hydrogens (primary N) is 1. The predicted octanol–water partition coefficient (Wildman–Crippen LogP) is -0.550. The first-order valence-corrected chi connectivity index (χ1v) is 3.47. The topological polar surface area (TPSA) is 63.3 Å². The molecule has 0 spiro atoms. The Morgan fingerprint density at radius 2 is 2.36 bits per heavy atom. The Balaban J connectivity index is 2.81. The molecular weight excluding hydrogens is 141 g/mol. The summed E-state index contributed by atoms with van der Waals surface area (Å²) in [5.74, 6) is -0.474. The van der Waals surface area contributed by atoms with Crippen LogP contribution in [0.1, 0.15) is 6.42 Å². The van der Waals surface area contributed by atoms with Crippen molar-refractivity contribution < 1.29 is 9.90 Å². The first-order valence-electron chi connectivity index (χ1n) is 3.47. The average Bonchev–Trinajstić information content (AvgIpc) is 1.94. The monoisotopic (exact) mass is 151 g/mol. The molecule has 0 fully saturated rings. The molecule has 1 amide bonds. The van der Waals surface area contributed by atoms with Crippen molar-refractivity contribution in [3.63, 3.8) is 0 Å². The van der Waals surface area contributed by atoms with Gasteiger partial charge in [-0.15, -0.1) is 0 Å². The van der Waals surface area contributed by atoms with E-state index in [9.17, 15) is 4.79 Å². The van der Waals surface area contributed by atoms with Crippen LogP contribution in [0, 0.1) is 5.92 Å². The first kappa shape index (κ1) is 7.92. The summed E-state index contributed by atoms with van der Waals surface area (Å²) in [6, 6.07) is 0. The lowest BCUT2D eigenvalue weighted by Crippen LogP contribution is -2.26. The molecule has 0 heterocycles. The molecule has 0 saturated heterocycles. The highest BCUT2D eigenvalue weighted by atomic mass is 16.3. The molecule has 0 bridgehead atoms. The maximum atomic E-state index is 10.8. The van der Waals surface area contributed by atoms with Crippen molar-refractivity contribution in [1.82, 2.24) is 0 Å². The zero-order valence-electron chi connectivity index (χ0n) is 6.37. The van der Waals surface area contributed by atoms with Crippen molar-refractivity contribution in [3.05, 3.63) is 23.4 Å². The largest absolute Gasteiger partial charge is 0.512 e. The third-order valence-corrected chi connectivity index (χ3v) is 1.84. The molecule has 0 aromatic carbocycles. The van der Waals surface area contributed by atoms with Gasteiger partial charge in [0, 0.05) is 6.42 Å². The molecule has 58 valence electrons. The van der Waals surface area contributed by atoms with Crippen LogP contribution in [0.5, 0.6) is 0 Å². The van der Waals surface area contributed by atoms with E-state index in [1.165, 1.54) is 0 Å². The highest BCUT2D eigenvalue weighted by Gasteiger charge is 2.20. The van der Waals surface area contributed by atoms with E-state index < -0.39 is 0 Å². The number of amides is 1. The number of primary amides is 1. The molecule has 1 rings (SSSR count). The van der Waals surface area contributed by atoms with Crippen LogP contribution in [-0.4, -0.2) is 18.9 Å². The van der Waals surface area contributed by atoms with Crippen LogP contribution in [0.2, 0.25) is 0 Å². The fourth-order valence-electron chi connectivity index (χ4n) is 1.11. The highest BCUT2D eigenvalue weighted by molar-refractivity contribution is 6.24. The predicted molar refractivity (Wildman–Crippen MR) is 44.6 cm³/mol. The fraction of sp³-hybridized carbons (Fsp3) is 0.286. The fourth-order valence-corrected chi connectivity index (χ4v) is 1.11. The van der Waals surface area contributed by atoms with Gasteiger partial charge in [-0.1, -0.05) is 11.5 Å². The van der Waals surface area contributed by atoms with E-state index in [2.05, 4.69) is 0 Å². The van der Waals surface area contributed by atoms with Crippen LogP contribution in [0.25, 0.3) is 0 Å². The molecule has 3 nitrogen and oxygen atoms in total. The summed E-state index contributed by atoms with van der Waals surface area (Å²) in [6.07, 6.45) is 3.65. The number of allylic oxidation sites excluding steroid dienone is 3. The van der Waals surface area contributed by atoms with E-state index in [1.54, 1.807) is 12.2 Å². The minimum Gasteiger partial charge on any atom is -0.512 e. The Hall–Kier alpha value is -1.19. The molecule has 4 heteroatoms. The summed E-state index contributed by atoms with van der Waals surface area (Å²) in [5, 5.41) is 9.06. The molecule has 1 aliphatic carbocycles. The molecule has 0 aromatic rings. The van der Waals surface area contributed by atoms with Gasteiger partial charge in [0.05, 0.1) is 11.7 Å². The Bertz CT molecular complexity index is 245. The van der Waals surface area contributed by atoms with E-state index in [0.29, 0.717) is 6.42 Å². The van der Waals surface area contributed by atoms with Gasteiger partial charge >= 0.3 is 0 Å². The van der Waals surface area contributed by atoms with Gasteiger partial charge in [-0.2, -0.15) is 0 Å². The van der Waals surface area contributed by atoms with Crippen molar-refractivity contribution in [3.8, 4) is 0 Å². The normalized spacial score (nSPS) is 23.8. The third-order valence-electron chi connectivity index (χ3n) is 1.84. The quantitative estimate of drug-likeness (QED) is 0.494. The second-order valence-corrected chi connectivity index (χ2v) is 2.73.